The third-order valence-corrected chi connectivity index (χ3v) is 2.47. The van der Waals surface area contributed by atoms with Crippen molar-refractivity contribution in [1.29, 1.82) is 0 Å². The maximum Gasteiger partial charge on any atom is 0.252 e. The summed E-state index contributed by atoms with van der Waals surface area (Å²) < 4.78 is 5.34. The minimum atomic E-state index is -0.497. The molecule has 14 heavy (non-hydrogen) atoms. The van der Waals surface area contributed by atoms with Crippen molar-refractivity contribution in [3.05, 3.63) is 29.7 Å². The van der Waals surface area contributed by atoms with Crippen LogP contribution in [0.5, 0.6) is 0 Å². The Kier molecular flexibility index (Phi) is 2.56. The fraction of sp³-hybridized carbons (Fsp3) is 0.111. The summed E-state index contributed by atoms with van der Waals surface area (Å²) in [6, 6.07) is 4.92. The Balaban J connectivity index is 2.59. The highest BCUT2D eigenvalue weighted by atomic mass is 79.9. The van der Waals surface area contributed by atoms with E-state index < -0.39 is 5.24 Å². The molecule has 1 heterocycles. The van der Waals surface area contributed by atoms with Gasteiger partial charge in [0, 0.05) is 5.56 Å². The second kappa shape index (κ2) is 3.71. The molecule has 2 aromatic rings. The van der Waals surface area contributed by atoms with Crippen molar-refractivity contribution in [2.75, 3.05) is 0 Å². The molecule has 0 saturated carbocycles. The summed E-state index contributed by atoms with van der Waals surface area (Å²) >= 11 is 8.57. The van der Waals surface area contributed by atoms with Crippen LogP contribution < -0.4 is 0 Å². The quantitative estimate of drug-likeness (QED) is 0.624. The van der Waals surface area contributed by atoms with E-state index in [2.05, 4.69) is 20.9 Å². The van der Waals surface area contributed by atoms with E-state index in [0.29, 0.717) is 22.4 Å². The van der Waals surface area contributed by atoms with Gasteiger partial charge in [0.1, 0.15) is 5.52 Å². The fourth-order valence-electron chi connectivity index (χ4n) is 1.15. The predicted octanol–water partition coefficient (Wildman–Crippen LogP) is 3.10. The summed E-state index contributed by atoms with van der Waals surface area (Å²) in [6.45, 7) is 0. The van der Waals surface area contributed by atoms with Crippen molar-refractivity contribution in [2.24, 2.45) is 0 Å². The molecule has 72 valence electrons. The van der Waals surface area contributed by atoms with Crippen LogP contribution in [0.4, 0.5) is 0 Å². The fourth-order valence-corrected chi connectivity index (χ4v) is 1.51. The minimum absolute atomic E-state index is 0.413. The lowest BCUT2D eigenvalue weighted by molar-refractivity contribution is 0.108. The van der Waals surface area contributed by atoms with Crippen molar-refractivity contribution >= 4 is 43.9 Å². The monoisotopic (exact) mass is 273 g/mol. The number of nitrogens with zero attached hydrogens (tertiary/aromatic N) is 1. The van der Waals surface area contributed by atoms with Gasteiger partial charge in [-0.1, -0.05) is 15.9 Å². The minimum Gasteiger partial charge on any atom is -0.440 e. The molecule has 0 saturated heterocycles. The number of hydrogen-bond acceptors (Lipinski definition) is 3. The molecule has 1 aromatic heterocycles. The number of carbonyl (C=O) groups excluding carboxylic acids is 1. The number of benzene rings is 1. The summed E-state index contributed by atoms with van der Waals surface area (Å²) in [5.74, 6) is 0.583. The van der Waals surface area contributed by atoms with E-state index >= 15 is 0 Å². The van der Waals surface area contributed by atoms with Gasteiger partial charge < -0.3 is 4.42 Å². The number of carbonyl (C=O) groups is 1. The first kappa shape index (κ1) is 9.68. The van der Waals surface area contributed by atoms with Gasteiger partial charge in [0.15, 0.2) is 5.58 Å². The first-order chi connectivity index (χ1) is 6.70. The third-order valence-electron chi connectivity index (χ3n) is 1.77. The Bertz CT molecular complexity index is 495. The van der Waals surface area contributed by atoms with Crippen LogP contribution in [0.15, 0.2) is 22.6 Å². The molecular formula is C9H5BrClNO2. The molecule has 0 fully saturated rings. The zero-order valence-electron chi connectivity index (χ0n) is 6.96. The van der Waals surface area contributed by atoms with Gasteiger partial charge in [-0.15, -0.1) is 0 Å². The number of alkyl halides is 1. The van der Waals surface area contributed by atoms with Crippen molar-refractivity contribution < 1.29 is 9.21 Å². The summed E-state index contributed by atoms with van der Waals surface area (Å²) in [5, 5.41) is 0.0509. The Hall–Kier alpha value is -0.870. The molecule has 0 radical (unpaired) electrons. The number of hydrogen-bond donors (Lipinski definition) is 0. The highest BCUT2D eigenvalue weighted by molar-refractivity contribution is 9.08. The second-order valence-electron chi connectivity index (χ2n) is 2.70. The van der Waals surface area contributed by atoms with Crippen LogP contribution in [-0.4, -0.2) is 10.2 Å². The molecule has 0 N–H and O–H groups in total. The van der Waals surface area contributed by atoms with Gasteiger partial charge in [-0.25, -0.2) is 4.98 Å². The molecule has 0 atom stereocenters. The van der Waals surface area contributed by atoms with E-state index in [1.807, 2.05) is 0 Å². The average Bonchev–Trinajstić information content (AvgIpc) is 2.58. The summed E-state index contributed by atoms with van der Waals surface area (Å²) in [4.78, 5) is 15.0. The van der Waals surface area contributed by atoms with Gasteiger partial charge in [0.2, 0.25) is 5.89 Å². The Morgan fingerprint density at radius 2 is 2.36 bits per heavy atom. The van der Waals surface area contributed by atoms with Gasteiger partial charge in [-0.2, -0.15) is 0 Å². The van der Waals surface area contributed by atoms with Crippen LogP contribution in [0.3, 0.4) is 0 Å². The Morgan fingerprint density at radius 1 is 1.57 bits per heavy atom. The zero-order chi connectivity index (χ0) is 10.1. The van der Waals surface area contributed by atoms with Crippen molar-refractivity contribution in [3.63, 3.8) is 0 Å². The summed E-state index contributed by atoms with van der Waals surface area (Å²) in [6.07, 6.45) is 0. The summed E-state index contributed by atoms with van der Waals surface area (Å²) in [5.41, 5.74) is 1.71. The van der Waals surface area contributed by atoms with Crippen LogP contribution in [0.2, 0.25) is 0 Å². The number of fused-ring (bicyclic) bond motifs is 1. The Morgan fingerprint density at radius 3 is 3.00 bits per heavy atom. The van der Waals surface area contributed by atoms with Crippen molar-refractivity contribution in [1.82, 2.24) is 4.98 Å². The second-order valence-corrected chi connectivity index (χ2v) is 3.60. The van der Waals surface area contributed by atoms with Gasteiger partial charge in [0.05, 0.1) is 5.33 Å². The first-order valence-electron chi connectivity index (χ1n) is 3.86. The molecule has 3 nitrogen and oxygen atoms in total. The Labute approximate surface area is 93.2 Å². The number of halogens is 2. The van der Waals surface area contributed by atoms with Gasteiger partial charge in [-0.3, -0.25) is 4.79 Å². The highest BCUT2D eigenvalue weighted by Crippen LogP contribution is 2.19. The third kappa shape index (κ3) is 1.67. The topological polar surface area (TPSA) is 43.1 Å². The van der Waals surface area contributed by atoms with Gasteiger partial charge in [0.25, 0.3) is 5.24 Å². The van der Waals surface area contributed by atoms with E-state index in [9.17, 15) is 4.79 Å². The first-order valence-corrected chi connectivity index (χ1v) is 5.36. The number of rotatable bonds is 2. The molecular weight excluding hydrogens is 269 g/mol. The van der Waals surface area contributed by atoms with Crippen molar-refractivity contribution in [2.45, 2.75) is 5.33 Å². The van der Waals surface area contributed by atoms with Crippen LogP contribution in [0, 0.1) is 0 Å². The smallest absolute Gasteiger partial charge is 0.252 e. The molecule has 0 aliphatic heterocycles. The molecule has 0 aliphatic carbocycles. The van der Waals surface area contributed by atoms with E-state index in [0.717, 1.165) is 5.52 Å². The van der Waals surface area contributed by atoms with Gasteiger partial charge >= 0.3 is 0 Å². The predicted molar refractivity (Wildman–Crippen MR) is 56.8 cm³/mol. The van der Waals surface area contributed by atoms with E-state index in [1.165, 1.54) is 0 Å². The maximum absolute atomic E-state index is 10.9. The normalized spacial score (nSPS) is 10.7. The average molecular weight is 275 g/mol. The lowest BCUT2D eigenvalue weighted by Crippen LogP contribution is -1.86. The van der Waals surface area contributed by atoms with Crippen LogP contribution in [0.1, 0.15) is 16.2 Å². The SMILES string of the molecule is O=C(Cl)c1ccc2nc(CBr)oc2c1. The molecule has 2 rings (SSSR count). The van der Waals surface area contributed by atoms with Crippen molar-refractivity contribution in [3.8, 4) is 0 Å². The molecule has 0 bridgehead atoms. The summed E-state index contributed by atoms with van der Waals surface area (Å²) in [7, 11) is 0. The molecule has 0 amide bonds. The molecule has 0 aliphatic rings. The molecule has 1 aromatic carbocycles. The van der Waals surface area contributed by atoms with Crippen LogP contribution >= 0.6 is 27.5 Å². The highest BCUT2D eigenvalue weighted by Gasteiger charge is 2.07. The lowest BCUT2D eigenvalue weighted by Gasteiger charge is -1.90. The van der Waals surface area contributed by atoms with E-state index in [-0.39, 0.29) is 0 Å². The molecule has 5 heteroatoms. The maximum atomic E-state index is 10.9. The van der Waals surface area contributed by atoms with E-state index in [1.54, 1.807) is 18.2 Å². The van der Waals surface area contributed by atoms with Crippen LogP contribution in [0.25, 0.3) is 11.1 Å². The number of aromatic nitrogens is 1. The van der Waals surface area contributed by atoms with E-state index in [4.69, 9.17) is 16.0 Å². The lowest BCUT2D eigenvalue weighted by atomic mass is 10.2. The standard InChI is InChI=1S/C9H5BrClNO2/c10-4-8-12-6-2-1-5(9(11)13)3-7(6)14-8/h1-3H,4H2. The molecule has 0 spiro atoms. The molecule has 0 unspecified atom stereocenters. The largest absolute Gasteiger partial charge is 0.440 e. The zero-order valence-corrected chi connectivity index (χ0v) is 9.30. The number of oxazole rings is 1. The van der Waals surface area contributed by atoms with Gasteiger partial charge in [-0.05, 0) is 29.8 Å². The van der Waals surface area contributed by atoms with Crippen LogP contribution in [-0.2, 0) is 5.33 Å².